The van der Waals surface area contributed by atoms with Crippen molar-refractivity contribution < 1.29 is 19.1 Å². The highest BCUT2D eigenvalue weighted by molar-refractivity contribution is 5.91. The Balaban J connectivity index is 1.94. The van der Waals surface area contributed by atoms with Crippen LogP contribution in [0.4, 0.5) is 0 Å². The number of carboxylic acids is 1. The second-order valence-corrected chi connectivity index (χ2v) is 5.58. The smallest absolute Gasteiger partial charge is 0.307 e. The molecule has 1 aliphatic carbocycles. The lowest BCUT2D eigenvalue weighted by molar-refractivity contribution is -0.140. The van der Waals surface area contributed by atoms with Gasteiger partial charge < -0.3 is 14.8 Å². The highest BCUT2D eigenvalue weighted by atomic mass is 16.4. The van der Waals surface area contributed by atoms with E-state index >= 15 is 0 Å². The fourth-order valence-corrected chi connectivity index (χ4v) is 2.48. The molecule has 2 rings (SSSR count). The number of nitrogens with one attached hydrogen (secondary N) is 1. The third-order valence-electron chi connectivity index (χ3n) is 3.86. The zero-order valence-electron chi connectivity index (χ0n) is 11.5. The molecule has 1 aromatic rings. The third-order valence-corrected chi connectivity index (χ3v) is 3.86. The summed E-state index contributed by atoms with van der Waals surface area (Å²) in [5, 5.41) is 11.7. The molecule has 2 atom stereocenters. The van der Waals surface area contributed by atoms with Gasteiger partial charge >= 0.3 is 5.97 Å². The maximum atomic E-state index is 12.0. The monoisotopic (exact) mass is 266 g/mol. The quantitative estimate of drug-likeness (QED) is 0.856. The summed E-state index contributed by atoms with van der Waals surface area (Å²) in [5.74, 6) is -1.12. The van der Waals surface area contributed by atoms with Crippen LogP contribution in [0.1, 0.15) is 31.2 Å². The van der Waals surface area contributed by atoms with Gasteiger partial charge in [0.1, 0.15) is 5.76 Å². The third kappa shape index (κ3) is 2.34. The standard InChI is InChI=1S/C13H18N2O4/c1-6-7(2)19-8(15-6)5-14-11(16)9-10(12(17)18)13(9,3)4/h9-10H,5H2,1-4H3,(H,14,16)(H,17,18)/t9-,10+/m1/s1. The molecule has 1 aliphatic rings. The summed E-state index contributed by atoms with van der Waals surface area (Å²) in [6.45, 7) is 7.39. The Morgan fingerprint density at radius 1 is 1.37 bits per heavy atom. The van der Waals surface area contributed by atoms with E-state index in [0.717, 1.165) is 11.5 Å². The van der Waals surface area contributed by atoms with Crippen molar-refractivity contribution in [1.82, 2.24) is 10.3 Å². The first-order chi connectivity index (χ1) is 8.75. The minimum atomic E-state index is -0.923. The van der Waals surface area contributed by atoms with Crippen molar-refractivity contribution >= 4 is 11.9 Å². The second-order valence-electron chi connectivity index (χ2n) is 5.58. The number of aliphatic carboxylic acids is 1. The predicted octanol–water partition coefficient (Wildman–Crippen LogP) is 1.26. The number of nitrogens with zero attached hydrogens (tertiary/aromatic N) is 1. The van der Waals surface area contributed by atoms with Crippen LogP contribution in [0.2, 0.25) is 0 Å². The van der Waals surface area contributed by atoms with Gasteiger partial charge in [0.2, 0.25) is 11.8 Å². The van der Waals surface area contributed by atoms with Crippen LogP contribution in [-0.4, -0.2) is 22.0 Å². The zero-order chi connectivity index (χ0) is 14.4. The minimum Gasteiger partial charge on any atom is -0.481 e. The molecule has 0 aromatic carbocycles. The van der Waals surface area contributed by atoms with Gasteiger partial charge in [-0.1, -0.05) is 13.8 Å². The first-order valence-corrected chi connectivity index (χ1v) is 6.18. The molecule has 19 heavy (non-hydrogen) atoms. The van der Waals surface area contributed by atoms with Crippen molar-refractivity contribution in [3.63, 3.8) is 0 Å². The Morgan fingerprint density at radius 3 is 2.42 bits per heavy atom. The highest BCUT2D eigenvalue weighted by Crippen LogP contribution is 2.58. The molecule has 0 aliphatic heterocycles. The van der Waals surface area contributed by atoms with E-state index in [1.54, 1.807) is 20.8 Å². The summed E-state index contributed by atoms with van der Waals surface area (Å²) in [5.41, 5.74) is 0.303. The molecule has 0 radical (unpaired) electrons. The Kier molecular flexibility index (Phi) is 3.12. The number of carboxylic acid groups (broad SMARTS) is 1. The molecule has 1 heterocycles. The summed E-state index contributed by atoms with van der Waals surface area (Å²) in [6, 6.07) is 0. The predicted molar refractivity (Wildman–Crippen MR) is 66.2 cm³/mol. The number of hydrogen-bond donors (Lipinski definition) is 2. The van der Waals surface area contributed by atoms with Gasteiger partial charge in [0.05, 0.1) is 24.1 Å². The van der Waals surface area contributed by atoms with Crippen LogP contribution in [0.3, 0.4) is 0 Å². The lowest BCUT2D eigenvalue weighted by Gasteiger charge is -2.03. The van der Waals surface area contributed by atoms with Crippen LogP contribution in [0.15, 0.2) is 4.42 Å². The Labute approximate surface area is 111 Å². The van der Waals surface area contributed by atoms with E-state index in [2.05, 4.69) is 10.3 Å². The first-order valence-electron chi connectivity index (χ1n) is 6.18. The van der Waals surface area contributed by atoms with Crippen LogP contribution < -0.4 is 5.32 Å². The molecule has 0 bridgehead atoms. The molecular weight excluding hydrogens is 248 g/mol. The fraction of sp³-hybridized carbons (Fsp3) is 0.615. The molecule has 0 unspecified atom stereocenters. The van der Waals surface area contributed by atoms with E-state index in [1.165, 1.54) is 0 Å². The van der Waals surface area contributed by atoms with Crippen molar-refractivity contribution in [1.29, 1.82) is 0 Å². The number of oxazole rings is 1. The van der Waals surface area contributed by atoms with Gasteiger partial charge in [0, 0.05) is 0 Å². The summed E-state index contributed by atoms with van der Waals surface area (Å²) < 4.78 is 5.35. The van der Waals surface area contributed by atoms with E-state index in [9.17, 15) is 9.59 Å². The van der Waals surface area contributed by atoms with Gasteiger partial charge in [-0.3, -0.25) is 9.59 Å². The van der Waals surface area contributed by atoms with Crippen molar-refractivity contribution in [3.05, 3.63) is 17.3 Å². The topological polar surface area (TPSA) is 92.4 Å². The number of amides is 1. The lowest BCUT2D eigenvalue weighted by Crippen LogP contribution is -2.27. The molecule has 0 spiro atoms. The molecule has 1 amide bonds. The van der Waals surface area contributed by atoms with Gasteiger partial charge in [0.25, 0.3) is 0 Å². The largest absolute Gasteiger partial charge is 0.481 e. The lowest BCUT2D eigenvalue weighted by atomic mass is 10.1. The Hall–Kier alpha value is -1.85. The fourth-order valence-electron chi connectivity index (χ4n) is 2.48. The molecule has 1 aromatic heterocycles. The first kappa shape index (κ1) is 13.6. The number of hydrogen-bond acceptors (Lipinski definition) is 4. The SMILES string of the molecule is Cc1nc(CNC(=O)[C@H]2[C@@H](C(=O)O)C2(C)C)oc1C. The summed E-state index contributed by atoms with van der Waals surface area (Å²) in [7, 11) is 0. The van der Waals surface area contributed by atoms with Gasteiger partial charge in [0.15, 0.2) is 0 Å². The number of aryl methyl sites for hydroxylation is 2. The van der Waals surface area contributed by atoms with Crippen LogP contribution in [0.25, 0.3) is 0 Å². The summed E-state index contributed by atoms with van der Waals surface area (Å²) >= 11 is 0. The van der Waals surface area contributed by atoms with E-state index in [-0.39, 0.29) is 12.5 Å². The summed E-state index contributed by atoms with van der Waals surface area (Å²) in [6.07, 6.45) is 0. The van der Waals surface area contributed by atoms with E-state index in [4.69, 9.17) is 9.52 Å². The van der Waals surface area contributed by atoms with Crippen molar-refractivity contribution in [2.75, 3.05) is 0 Å². The number of carbonyl (C=O) groups excluding carboxylic acids is 1. The van der Waals surface area contributed by atoms with Gasteiger partial charge in [-0.25, -0.2) is 4.98 Å². The zero-order valence-corrected chi connectivity index (χ0v) is 11.5. The van der Waals surface area contributed by atoms with Crippen LogP contribution in [0, 0.1) is 31.1 Å². The molecule has 6 heteroatoms. The molecule has 1 fully saturated rings. The van der Waals surface area contributed by atoms with Gasteiger partial charge in [-0.05, 0) is 19.3 Å². The maximum Gasteiger partial charge on any atom is 0.307 e. The number of aromatic nitrogens is 1. The van der Waals surface area contributed by atoms with E-state index in [1.807, 2.05) is 6.92 Å². The van der Waals surface area contributed by atoms with Crippen molar-refractivity contribution in [2.24, 2.45) is 17.3 Å². The summed E-state index contributed by atoms with van der Waals surface area (Å²) in [4.78, 5) is 27.1. The van der Waals surface area contributed by atoms with Gasteiger partial charge in [-0.2, -0.15) is 0 Å². The van der Waals surface area contributed by atoms with E-state index < -0.39 is 23.2 Å². The molecule has 0 saturated heterocycles. The average molecular weight is 266 g/mol. The van der Waals surface area contributed by atoms with Crippen LogP contribution in [-0.2, 0) is 16.1 Å². The average Bonchev–Trinajstić information content (AvgIpc) is 2.74. The number of rotatable bonds is 4. The minimum absolute atomic E-state index is 0.187. The molecule has 6 nitrogen and oxygen atoms in total. The molecule has 104 valence electrons. The maximum absolute atomic E-state index is 12.0. The van der Waals surface area contributed by atoms with Crippen LogP contribution in [0.5, 0.6) is 0 Å². The number of carbonyl (C=O) groups is 2. The van der Waals surface area contributed by atoms with Gasteiger partial charge in [-0.15, -0.1) is 0 Å². The van der Waals surface area contributed by atoms with Crippen molar-refractivity contribution in [3.8, 4) is 0 Å². The Morgan fingerprint density at radius 2 is 2.00 bits per heavy atom. The molecule has 2 N–H and O–H groups in total. The normalized spacial score (nSPS) is 24.0. The Bertz CT molecular complexity index is 513. The van der Waals surface area contributed by atoms with Crippen molar-refractivity contribution in [2.45, 2.75) is 34.2 Å². The second kappa shape index (κ2) is 4.36. The van der Waals surface area contributed by atoms with Crippen LogP contribution >= 0.6 is 0 Å². The van der Waals surface area contributed by atoms with E-state index in [0.29, 0.717) is 5.89 Å². The molecular formula is C13H18N2O4. The molecule has 1 saturated carbocycles. The highest BCUT2D eigenvalue weighted by Gasteiger charge is 2.65.